The highest BCUT2D eigenvalue weighted by Gasteiger charge is 2.36. The van der Waals surface area contributed by atoms with Gasteiger partial charge in [-0.05, 0) is 18.8 Å². The first-order valence-electron chi connectivity index (χ1n) is 4.87. The Bertz CT molecular complexity index is 321. The van der Waals surface area contributed by atoms with Crippen LogP contribution in [0.5, 0.6) is 0 Å². The van der Waals surface area contributed by atoms with Crippen LogP contribution >= 0.6 is 0 Å². The van der Waals surface area contributed by atoms with Crippen molar-refractivity contribution in [1.82, 2.24) is 15.5 Å². The fraction of sp³-hybridized carbons (Fsp3) is 0.667. The second-order valence-electron chi connectivity index (χ2n) is 3.57. The van der Waals surface area contributed by atoms with E-state index in [1.165, 1.54) is 13.5 Å². The van der Waals surface area contributed by atoms with Crippen molar-refractivity contribution in [2.75, 3.05) is 7.11 Å². The molecule has 0 aliphatic heterocycles. The summed E-state index contributed by atoms with van der Waals surface area (Å²) in [6.07, 6.45) is 3.40. The molecule has 2 rings (SSSR count). The Morgan fingerprint density at radius 1 is 1.80 bits per heavy atom. The lowest BCUT2D eigenvalue weighted by Crippen LogP contribution is -2.39. The van der Waals surface area contributed by atoms with Gasteiger partial charge in [0.25, 0.3) is 0 Å². The third kappa shape index (κ3) is 2.53. The average Bonchev–Trinajstić information content (AvgIpc) is 2.95. The summed E-state index contributed by atoms with van der Waals surface area (Å²) in [6.45, 7) is 0.423. The molecule has 0 spiro atoms. The maximum atomic E-state index is 11.4. The van der Waals surface area contributed by atoms with E-state index >= 15 is 0 Å². The summed E-state index contributed by atoms with van der Waals surface area (Å²) < 4.78 is 9.31. The lowest BCUT2D eigenvalue weighted by molar-refractivity contribution is -0.143. The topological polar surface area (TPSA) is 77.2 Å². The first kappa shape index (κ1) is 10.1. The summed E-state index contributed by atoms with van der Waals surface area (Å²) in [5.74, 6) is 0.717. The zero-order valence-corrected chi connectivity index (χ0v) is 8.47. The number of hydrogen-bond acceptors (Lipinski definition) is 6. The average molecular weight is 211 g/mol. The second-order valence-corrected chi connectivity index (χ2v) is 3.57. The normalized spacial score (nSPS) is 17.4. The number of aromatic nitrogens is 2. The Hall–Kier alpha value is -1.43. The number of methoxy groups -OCH3 is 1. The summed E-state index contributed by atoms with van der Waals surface area (Å²) >= 11 is 0. The van der Waals surface area contributed by atoms with Crippen LogP contribution in [0.15, 0.2) is 10.9 Å². The maximum absolute atomic E-state index is 11.4. The monoisotopic (exact) mass is 211 g/mol. The molecule has 0 radical (unpaired) electrons. The van der Waals surface area contributed by atoms with E-state index in [0.29, 0.717) is 18.3 Å². The minimum Gasteiger partial charge on any atom is -0.468 e. The van der Waals surface area contributed by atoms with Gasteiger partial charge in [-0.2, -0.15) is 4.98 Å². The molecular weight excluding hydrogens is 198 g/mol. The summed E-state index contributed by atoms with van der Waals surface area (Å²) in [5.41, 5.74) is 0. The SMILES string of the molecule is COC(=O)C(NCc1ncon1)C1CC1. The lowest BCUT2D eigenvalue weighted by Gasteiger charge is -2.13. The summed E-state index contributed by atoms with van der Waals surface area (Å²) in [5, 5.41) is 6.73. The smallest absolute Gasteiger partial charge is 0.323 e. The molecule has 1 aromatic heterocycles. The van der Waals surface area contributed by atoms with Crippen LogP contribution in [0.1, 0.15) is 18.7 Å². The van der Waals surface area contributed by atoms with Crippen molar-refractivity contribution >= 4 is 5.97 Å². The summed E-state index contributed by atoms with van der Waals surface area (Å²) in [7, 11) is 1.40. The number of hydrogen-bond donors (Lipinski definition) is 1. The van der Waals surface area contributed by atoms with Crippen LogP contribution < -0.4 is 5.32 Å². The van der Waals surface area contributed by atoms with Gasteiger partial charge in [-0.1, -0.05) is 5.16 Å². The first-order valence-corrected chi connectivity index (χ1v) is 4.87. The van der Waals surface area contributed by atoms with Gasteiger partial charge in [0.15, 0.2) is 5.82 Å². The van der Waals surface area contributed by atoms with E-state index in [0.717, 1.165) is 12.8 Å². The number of esters is 1. The molecule has 15 heavy (non-hydrogen) atoms. The Morgan fingerprint density at radius 2 is 2.60 bits per heavy atom. The van der Waals surface area contributed by atoms with Crippen molar-refractivity contribution in [2.24, 2.45) is 5.92 Å². The highest BCUT2D eigenvalue weighted by Crippen LogP contribution is 2.33. The molecule has 1 atom stereocenters. The van der Waals surface area contributed by atoms with E-state index in [9.17, 15) is 4.79 Å². The molecule has 6 nitrogen and oxygen atoms in total. The molecule has 1 N–H and O–H groups in total. The second kappa shape index (κ2) is 4.39. The van der Waals surface area contributed by atoms with Gasteiger partial charge in [0.05, 0.1) is 13.7 Å². The zero-order valence-electron chi connectivity index (χ0n) is 8.47. The molecule has 1 aliphatic carbocycles. The van der Waals surface area contributed by atoms with Gasteiger partial charge >= 0.3 is 5.97 Å². The fourth-order valence-electron chi connectivity index (χ4n) is 1.47. The molecule has 1 unspecified atom stereocenters. The van der Waals surface area contributed by atoms with Crippen LogP contribution in [0.3, 0.4) is 0 Å². The van der Waals surface area contributed by atoms with Crippen LogP contribution in [0.4, 0.5) is 0 Å². The van der Waals surface area contributed by atoms with Crippen molar-refractivity contribution in [3.05, 3.63) is 12.2 Å². The molecule has 1 aromatic rings. The Labute approximate surface area is 87.0 Å². The third-order valence-corrected chi connectivity index (χ3v) is 2.44. The Kier molecular flexibility index (Phi) is 2.96. The van der Waals surface area contributed by atoms with Gasteiger partial charge < -0.3 is 9.26 Å². The molecule has 0 amide bonds. The highest BCUT2D eigenvalue weighted by atomic mass is 16.5. The first-order chi connectivity index (χ1) is 7.31. The van der Waals surface area contributed by atoms with Gasteiger partial charge in [-0.15, -0.1) is 0 Å². The molecular formula is C9H13N3O3. The molecule has 0 saturated heterocycles. The Balaban J connectivity index is 1.87. The lowest BCUT2D eigenvalue weighted by atomic mass is 10.2. The predicted octanol–water partition coefficient (Wildman–Crippen LogP) is 0.111. The van der Waals surface area contributed by atoms with Crippen molar-refractivity contribution in [1.29, 1.82) is 0 Å². The van der Waals surface area contributed by atoms with Crippen molar-refractivity contribution in [3.63, 3.8) is 0 Å². The number of nitrogens with one attached hydrogen (secondary N) is 1. The van der Waals surface area contributed by atoms with Gasteiger partial charge in [-0.25, -0.2) is 0 Å². The summed E-state index contributed by atoms with van der Waals surface area (Å²) in [4.78, 5) is 15.3. The molecule has 0 aromatic carbocycles. The Morgan fingerprint density at radius 3 is 3.13 bits per heavy atom. The van der Waals surface area contributed by atoms with E-state index in [4.69, 9.17) is 4.74 Å². The highest BCUT2D eigenvalue weighted by molar-refractivity contribution is 5.76. The van der Waals surface area contributed by atoms with Crippen LogP contribution in [0.2, 0.25) is 0 Å². The molecule has 82 valence electrons. The van der Waals surface area contributed by atoms with E-state index in [-0.39, 0.29) is 12.0 Å². The van der Waals surface area contributed by atoms with Crippen LogP contribution in [-0.4, -0.2) is 29.3 Å². The minimum atomic E-state index is -0.242. The molecule has 1 fully saturated rings. The standard InChI is InChI=1S/C9H13N3O3/c1-14-9(13)8(6-2-3-6)10-4-7-11-5-15-12-7/h5-6,8,10H,2-4H2,1H3. The minimum absolute atomic E-state index is 0.221. The number of carbonyl (C=O) groups excluding carboxylic acids is 1. The number of ether oxygens (including phenoxy) is 1. The fourth-order valence-corrected chi connectivity index (χ4v) is 1.47. The van der Waals surface area contributed by atoms with Gasteiger partial charge in [0.2, 0.25) is 6.39 Å². The van der Waals surface area contributed by atoms with Gasteiger partial charge in [-0.3, -0.25) is 10.1 Å². The van der Waals surface area contributed by atoms with Gasteiger partial charge in [0.1, 0.15) is 6.04 Å². The van der Waals surface area contributed by atoms with Crippen molar-refractivity contribution in [2.45, 2.75) is 25.4 Å². The molecule has 1 aliphatic rings. The predicted molar refractivity (Wildman–Crippen MR) is 49.7 cm³/mol. The number of nitrogens with zero attached hydrogens (tertiary/aromatic N) is 2. The van der Waals surface area contributed by atoms with Crippen LogP contribution in [-0.2, 0) is 16.1 Å². The summed E-state index contributed by atoms with van der Waals surface area (Å²) in [6, 6.07) is -0.242. The largest absolute Gasteiger partial charge is 0.468 e. The van der Waals surface area contributed by atoms with Crippen molar-refractivity contribution in [3.8, 4) is 0 Å². The van der Waals surface area contributed by atoms with Crippen molar-refractivity contribution < 1.29 is 14.1 Å². The maximum Gasteiger partial charge on any atom is 0.323 e. The van der Waals surface area contributed by atoms with Gasteiger partial charge in [0, 0.05) is 0 Å². The number of carbonyl (C=O) groups is 1. The van der Waals surface area contributed by atoms with E-state index in [1.807, 2.05) is 0 Å². The quantitative estimate of drug-likeness (QED) is 0.696. The molecule has 0 bridgehead atoms. The third-order valence-electron chi connectivity index (χ3n) is 2.44. The molecule has 1 heterocycles. The number of rotatable bonds is 5. The van der Waals surface area contributed by atoms with Crippen LogP contribution in [0.25, 0.3) is 0 Å². The van der Waals surface area contributed by atoms with E-state index in [1.54, 1.807) is 0 Å². The van der Waals surface area contributed by atoms with Crippen LogP contribution in [0, 0.1) is 5.92 Å². The molecule has 1 saturated carbocycles. The zero-order chi connectivity index (χ0) is 10.7. The van der Waals surface area contributed by atoms with E-state index < -0.39 is 0 Å². The molecule has 6 heteroatoms. The van der Waals surface area contributed by atoms with E-state index in [2.05, 4.69) is 20.0 Å².